The van der Waals surface area contributed by atoms with E-state index in [-0.39, 0.29) is 0 Å². The summed E-state index contributed by atoms with van der Waals surface area (Å²) in [6, 6.07) is 53.3. The molecule has 10 rings (SSSR count). The summed E-state index contributed by atoms with van der Waals surface area (Å²) in [5.74, 6) is 1.31. The van der Waals surface area contributed by atoms with Crippen molar-refractivity contribution >= 4 is 49.3 Å². The van der Waals surface area contributed by atoms with Crippen LogP contribution in [0.2, 0.25) is 0 Å². The molecule has 0 spiro atoms. The molecule has 7 heteroatoms. The number of aromatic nitrogens is 5. The monoisotopic (exact) mass is 717 g/mol. The van der Waals surface area contributed by atoms with E-state index < -0.39 is 0 Å². The second kappa shape index (κ2) is 12.9. The number of para-hydroxylation sites is 2. The minimum absolute atomic E-state index is 0.413. The van der Waals surface area contributed by atoms with E-state index in [4.69, 9.17) is 21.5 Å². The van der Waals surface area contributed by atoms with E-state index in [1.165, 1.54) is 11.1 Å². The molecule has 10 aromatic rings. The molecule has 3 aromatic heterocycles. The predicted molar refractivity (Wildman–Crippen MR) is 225 cm³/mol. The van der Waals surface area contributed by atoms with Gasteiger partial charge in [0.15, 0.2) is 23.2 Å². The van der Waals surface area contributed by atoms with Crippen molar-refractivity contribution in [2.45, 2.75) is 13.8 Å². The highest BCUT2D eigenvalue weighted by Gasteiger charge is 2.23. The summed E-state index contributed by atoms with van der Waals surface area (Å²) in [4.78, 5) is 19.4. The number of benzene rings is 7. The molecule has 7 aromatic carbocycles. The van der Waals surface area contributed by atoms with Gasteiger partial charge in [0.1, 0.15) is 0 Å². The number of fused-ring (bicyclic) bond motifs is 6. The van der Waals surface area contributed by atoms with E-state index in [2.05, 4.69) is 107 Å². The van der Waals surface area contributed by atoms with Crippen LogP contribution in [0.3, 0.4) is 0 Å². The Morgan fingerprint density at radius 3 is 1.57 bits per heavy atom. The number of nitrogens with zero attached hydrogens (tertiary/aromatic N) is 7. The molecule has 0 aliphatic carbocycles. The maximum atomic E-state index is 10.2. The second-order valence-electron chi connectivity index (χ2n) is 14.1. The number of aryl methyl sites for hydroxylation is 2. The van der Waals surface area contributed by atoms with Crippen molar-refractivity contribution < 1.29 is 0 Å². The Kier molecular flexibility index (Phi) is 7.55. The minimum Gasteiger partial charge on any atom is -0.309 e. The Morgan fingerprint density at radius 2 is 1.00 bits per heavy atom. The highest BCUT2D eigenvalue weighted by atomic mass is 15.1. The normalized spacial score (nSPS) is 11.4. The van der Waals surface area contributed by atoms with Crippen molar-refractivity contribution in [3.8, 4) is 51.6 Å². The fraction of sp³-hybridized carbons (Fsp3) is 0.0408. The Balaban J connectivity index is 1.29. The Bertz CT molecular complexity index is 3100. The van der Waals surface area contributed by atoms with Gasteiger partial charge in [0.2, 0.25) is 0 Å². The molecule has 0 unspecified atom stereocenters. The molecule has 0 fully saturated rings. The van der Waals surface area contributed by atoms with E-state index in [9.17, 15) is 5.26 Å². The summed E-state index contributed by atoms with van der Waals surface area (Å²) < 4.78 is 4.47. The first-order valence-corrected chi connectivity index (χ1v) is 18.4. The van der Waals surface area contributed by atoms with Gasteiger partial charge in [-0.1, -0.05) is 96.1 Å². The zero-order chi connectivity index (χ0) is 37.9. The number of nitriles is 1. The van der Waals surface area contributed by atoms with Crippen LogP contribution in [-0.4, -0.2) is 24.1 Å². The van der Waals surface area contributed by atoms with Crippen LogP contribution in [0.5, 0.6) is 0 Å². The third-order valence-corrected chi connectivity index (χ3v) is 10.5. The number of rotatable bonds is 5. The van der Waals surface area contributed by atoms with Gasteiger partial charge in [-0.15, -0.1) is 0 Å². The highest BCUT2D eigenvalue weighted by molar-refractivity contribution is 6.11. The van der Waals surface area contributed by atoms with E-state index in [1.54, 1.807) is 0 Å². The maximum Gasteiger partial charge on any atom is 0.188 e. The Labute approximate surface area is 322 Å². The van der Waals surface area contributed by atoms with Gasteiger partial charge in [-0.3, -0.25) is 0 Å². The van der Waals surface area contributed by atoms with Crippen molar-refractivity contribution in [1.82, 2.24) is 24.1 Å². The predicted octanol–water partition coefficient (Wildman–Crippen LogP) is 12.1. The molecule has 262 valence electrons. The first-order chi connectivity index (χ1) is 27.5. The summed E-state index contributed by atoms with van der Waals surface area (Å²) in [5.41, 5.74) is 11.3. The highest BCUT2D eigenvalue weighted by Crippen LogP contribution is 2.40. The van der Waals surface area contributed by atoms with Crippen LogP contribution in [0.25, 0.3) is 94.0 Å². The summed E-state index contributed by atoms with van der Waals surface area (Å²) in [6.45, 7) is 12.2. The van der Waals surface area contributed by atoms with E-state index in [1.807, 2.05) is 78.9 Å². The summed E-state index contributed by atoms with van der Waals surface area (Å²) in [5, 5.41) is 14.8. The minimum atomic E-state index is 0.413. The number of hydrogen-bond acceptors (Lipinski definition) is 4. The van der Waals surface area contributed by atoms with Crippen LogP contribution in [0.4, 0.5) is 5.69 Å². The van der Waals surface area contributed by atoms with Crippen molar-refractivity contribution in [2.24, 2.45) is 0 Å². The zero-order valence-corrected chi connectivity index (χ0v) is 30.6. The van der Waals surface area contributed by atoms with Crippen LogP contribution < -0.4 is 0 Å². The molecule has 3 heterocycles. The molecule has 0 radical (unpaired) electrons. The van der Waals surface area contributed by atoms with Gasteiger partial charge in [0.25, 0.3) is 0 Å². The van der Waals surface area contributed by atoms with Gasteiger partial charge in [0.05, 0.1) is 51.6 Å². The van der Waals surface area contributed by atoms with Crippen LogP contribution in [0, 0.1) is 31.8 Å². The fourth-order valence-electron chi connectivity index (χ4n) is 7.97. The largest absolute Gasteiger partial charge is 0.309 e. The van der Waals surface area contributed by atoms with Crippen molar-refractivity contribution in [3.05, 3.63) is 180 Å². The van der Waals surface area contributed by atoms with Crippen molar-refractivity contribution in [1.29, 1.82) is 5.26 Å². The SMILES string of the molecule is [C-]#[N+]c1ccc(-n2c3ccccc3c3cc(C)ccc32)c(-c2nc(-c3ccccc3)nc(-c3cc(C#N)ccc3-n3c4ccccc4c4cc(C)ccc43)n2)c1. The van der Waals surface area contributed by atoms with Crippen molar-refractivity contribution in [3.63, 3.8) is 0 Å². The summed E-state index contributed by atoms with van der Waals surface area (Å²) in [6.07, 6.45) is 0. The molecule has 0 amide bonds. The van der Waals surface area contributed by atoms with Gasteiger partial charge in [-0.2, -0.15) is 5.26 Å². The quantitative estimate of drug-likeness (QED) is 0.166. The van der Waals surface area contributed by atoms with E-state index in [0.29, 0.717) is 39.9 Å². The summed E-state index contributed by atoms with van der Waals surface area (Å²) in [7, 11) is 0. The molecule has 7 nitrogen and oxygen atoms in total. The molecule has 0 atom stereocenters. The van der Waals surface area contributed by atoms with E-state index in [0.717, 1.165) is 60.5 Å². The average Bonchev–Trinajstić information content (AvgIpc) is 3.75. The van der Waals surface area contributed by atoms with Gasteiger partial charge < -0.3 is 9.13 Å². The summed E-state index contributed by atoms with van der Waals surface area (Å²) >= 11 is 0. The standard InChI is InChI=1S/C49H31N7/c1-30-17-21-43-37(25-30)35-13-7-9-15-41(35)55(43)45-23-19-32(29-50)27-39(45)48-52-47(33-11-5-4-6-12-33)53-49(54-48)40-28-34(51-3)20-24-46(40)56-42-16-10-8-14-36(42)38-26-31(2)18-22-44(38)56/h4-28H,1-2H3. The molecule has 0 aliphatic heterocycles. The first kappa shape index (κ1) is 32.8. The molecule has 0 bridgehead atoms. The lowest BCUT2D eigenvalue weighted by atomic mass is 10.1. The lowest BCUT2D eigenvalue weighted by Crippen LogP contribution is -2.05. The molecule has 56 heavy (non-hydrogen) atoms. The third-order valence-electron chi connectivity index (χ3n) is 10.5. The molecule has 0 N–H and O–H groups in total. The smallest absolute Gasteiger partial charge is 0.188 e. The third kappa shape index (κ3) is 5.22. The maximum absolute atomic E-state index is 10.2. The Hall–Kier alpha value is -7.87. The Morgan fingerprint density at radius 1 is 0.500 bits per heavy atom. The fourth-order valence-corrected chi connectivity index (χ4v) is 7.97. The molecule has 0 saturated heterocycles. The lowest BCUT2D eigenvalue weighted by Gasteiger charge is -2.17. The second-order valence-corrected chi connectivity index (χ2v) is 14.1. The molecule has 0 saturated carbocycles. The van der Waals surface area contributed by atoms with Gasteiger partial charge in [-0.25, -0.2) is 19.8 Å². The van der Waals surface area contributed by atoms with Crippen LogP contribution in [-0.2, 0) is 0 Å². The topological polar surface area (TPSA) is 76.7 Å². The number of hydrogen-bond donors (Lipinski definition) is 0. The van der Waals surface area contributed by atoms with Crippen LogP contribution in [0.15, 0.2) is 152 Å². The van der Waals surface area contributed by atoms with Gasteiger partial charge >= 0.3 is 0 Å². The van der Waals surface area contributed by atoms with Crippen molar-refractivity contribution in [2.75, 3.05) is 0 Å². The molecule has 0 aliphatic rings. The molecular weight excluding hydrogens is 687 g/mol. The lowest BCUT2D eigenvalue weighted by molar-refractivity contribution is 1.06. The van der Waals surface area contributed by atoms with E-state index >= 15 is 0 Å². The van der Waals surface area contributed by atoms with Crippen LogP contribution >= 0.6 is 0 Å². The first-order valence-electron chi connectivity index (χ1n) is 18.4. The zero-order valence-electron chi connectivity index (χ0n) is 30.6. The van der Waals surface area contributed by atoms with Gasteiger partial charge in [-0.05, 0) is 80.6 Å². The van der Waals surface area contributed by atoms with Gasteiger partial charge in [0, 0.05) is 38.2 Å². The van der Waals surface area contributed by atoms with Crippen LogP contribution in [0.1, 0.15) is 16.7 Å². The molecular formula is C49H31N7. The average molecular weight is 718 g/mol.